The molecular formula is C16H26O3. The lowest BCUT2D eigenvalue weighted by molar-refractivity contribution is -0.132. The minimum absolute atomic E-state index is 0.219. The van der Waals surface area contributed by atoms with Gasteiger partial charge in [0.2, 0.25) is 0 Å². The fourth-order valence-electron chi connectivity index (χ4n) is 1.44. The van der Waals surface area contributed by atoms with Crippen molar-refractivity contribution in [2.24, 2.45) is 0 Å². The van der Waals surface area contributed by atoms with E-state index in [4.69, 9.17) is 9.84 Å². The summed E-state index contributed by atoms with van der Waals surface area (Å²) in [5.41, 5.74) is 0.219. The fourth-order valence-corrected chi connectivity index (χ4v) is 1.44. The van der Waals surface area contributed by atoms with E-state index in [9.17, 15) is 4.79 Å². The molecule has 0 aliphatic heterocycles. The van der Waals surface area contributed by atoms with E-state index in [1.54, 1.807) is 6.92 Å². The number of carboxylic acid groups (broad SMARTS) is 1. The molecule has 0 heterocycles. The van der Waals surface area contributed by atoms with E-state index in [1.807, 2.05) is 0 Å². The Hall–Kier alpha value is -1.51. The zero-order valence-corrected chi connectivity index (χ0v) is 12.1. The Bertz CT molecular complexity index is 286. The van der Waals surface area contributed by atoms with Gasteiger partial charge in [-0.15, -0.1) is 0 Å². The summed E-state index contributed by atoms with van der Waals surface area (Å²) in [7, 11) is 0. The van der Waals surface area contributed by atoms with Gasteiger partial charge in [-0.1, -0.05) is 24.3 Å². The highest BCUT2D eigenvalue weighted by molar-refractivity contribution is 5.85. The molecule has 0 atom stereocenters. The second-order valence-electron chi connectivity index (χ2n) is 4.37. The summed E-state index contributed by atoms with van der Waals surface area (Å²) in [6.07, 6.45) is 18.2. The van der Waals surface area contributed by atoms with Gasteiger partial charge in [-0.3, -0.25) is 0 Å². The van der Waals surface area contributed by atoms with Gasteiger partial charge >= 0.3 is 5.97 Å². The molecule has 2 rings (SSSR count). The van der Waals surface area contributed by atoms with Crippen molar-refractivity contribution in [1.29, 1.82) is 0 Å². The fraction of sp³-hybridized carbons (Fsp3) is 0.562. The van der Waals surface area contributed by atoms with E-state index < -0.39 is 5.97 Å². The lowest BCUT2D eigenvalue weighted by Gasteiger charge is -1.93. The molecule has 19 heavy (non-hydrogen) atoms. The molecule has 3 heteroatoms. The predicted octanol–water partition coefficient (Wildman–Crippen LogP) is 4.46. The highest BCUT2D eigenvalue weighted by Gasteiger charge is 1.97. The van der Waals surface area contributed by atoms with Crippen molar-refractivity contribution < 1.29 is 14.6 Å². The van der Waals surface area contributed by atoms with E-state index in [-0.39, 0.29) is 5.57 Å². The van der Waals surface area contributed by atoms with Gasteiger partial charge in [0, 0.05) is 0 Å². The second kappa shape index (κ2) is 12.9. The SMILES string of the molecule is C1=CCCC1.C1=CCCC1.CCOC=C(C)C(=O)O. The Morgan fingerprint density at radius 2 is 1.53 bits per heavy atom. The molecule has 0 aromatic heterocycles. The van der Waals surface area contributed by atoms with Gasteiger partial charge in [0.05, 0.1) is 18.4 Å². The maximum Gasteiger partial charge on any atom is 0.334 e. The first-order valence-electron chi connectivity index (χ1n) is 7.00. The van der Waals surface area contributed by atoms with Gasteiger partial charge in [0.1, 0.15) is 0 Å². The number of hydrogen-bond donors (Lipinski definition) is 1. The summed E-state index contributed by atoms with van der Waals surface area (Å²) in [5, 5.41) is 8.26. The third kappa shape index (κ3) is 12.7. The van der Waals surface area contributed by atoms with E-state index in [0.29, 0.717) is 6.61 Å². The largest absolute Gasteiger partial charge is 0.501 e. The quantitative estimate of drug-likeness (QED) is 0.466. The number of aliphatic carboxylic acids is 1. The zero-order valence-electron chi connectivity index (χ0n) is 12.1. The van der Waals surface area contributed by atoms with Crippen LogP contribution in [-0.4, -0.2) is 17.7 Å². The van der Waals surface area contributed by atoms with Crippen LogP contribution < -0.4 is 0 Å². The molecule has 1 N–H and O–H groups in total. The minimum atomic E-state index is -0.941. The van der Waals surface area contributed by atoms with Crippen LogP contribution in [0.3, 0.4) is 0 Å². The van der Waals surface area contributed by atoms with Crippen LogP contribution in [0.1, 0.15) is 52.4 Å². The predicted molar refractivity (Wildman–Crippen MR) is 79.0 cm³/mol. The molecule has 2 aliphatic carbocycles. The summed E-state index contributed by atoms with van der Waals surface area (Å²) in [5.74, 6) is -0.941. The van der Waals surface area contributed by atoms with Gasteiger partial charge in [0.25, 0.3) is 0 Å². The zero-order chi connectivity index (χ0) is 14.3. The Balaban J connectivity index is 0.000000273. The molecule has 3 nitrogen and oxygen atoms in total. The first-order valence-corrected chi connectivity index (χ1v) is 7.00. The molecule has 0 amide bonds. The monoisotopic (exact) mass is 266 g/mol. The van der Waals surface area contributed by atoms with Crippen molar-refractivity contribution in [3.63, 3.8) is 0 Å². The molecule has 0 spiro atoms. The maximum absolute atomic E-state index is 10.1. The van der Waals surface area contributed by atoms with Crippen LogP contribution in [0.5, 0.6) is 0 Å². The number of allylic oxidation sites excluding steroid dienone is 4. The van der Waals surface area contributed by atoms with Crippen molar-refractivity contribution in [3.8, 4) is 0 Å². The second-order valence-corrected chi connectivity index (χ2v) is 4.37. The number of rotatable bonds is 3. The molecule has 108 valence electrons. The van der Waals surface area contributed by atoms with Gasteiger partial charge in [-0.25, -0.2) is 4.79 Å². The molecule has 0 aromatic carbocycles. The topological polar surface area (TPSA) is 46.5 Å². The van der Waals surface area contributed by atoms with Crippen molar-refractivity contribution >= 4 is 5.97 Å². The van der Waals surface area contributed by atoms with Crippen molar-refractivity contribution in [3.05, 3.63) is 36.1 Å². The summed E-state index contributed by atoms with van der Waals surface area (Å²) >= 11 is 0. The minimum Gasteiger partial charge on any atom is -0.501 e. The Morgan fingerprint density at radius 1 is 1.11 bits per heavy atom. The number of carboxylic acids is 1. The molecule has 0 unspecified atom stereocenters. The van der Waals surface area contributed by atoms with Crippen molar-refractivity contribution in [2.45, 2.75) is 52.4 Å². The average Bonchev–Trinajstić information content (AvgIpc) is 3.11. The molecule has 0 saturated heterocycles. The van der Waals surface area contributed by atoms with Gasteiger partial charge < -0.3 is 9.84 Å². The molecule has 0 saturated carbocycles. The summed E-state index contributed by atoms with van der Waals surface area (Å²) in [6, 6.07) is 0. The van der Waals surface area contributed by atoms with E-state index >= 15 is 0 Å². The number of hydrogen-bond acceptors (Lipinski definition) is 2. The van der Waals surface area contributed by atoms with Gasteiger partial charge in [0.15, 0.2) is 0 Å². The van der Waals surface area contributed by atoms with E-state index in [2.05, 4.69) is 24.3 Å². The Morgan fingerprint density at radius 3 is 1.74 bits per heavy atom. The average molecular weight is 266 g/mol. The third-order valence-electron chi connectivity index (χ3n) is 2.58. The maximum atomic E-state index is 10.1. The van der Waals surface area contributed by atoms with Crippen LogP contribution in [0.2, 0.25) is 0 Å². The summed E-state index contributed by atoms with van der Waals surface area (Å²) < 4.78 is 4.71. The highest BCUT2D eigenvalue weighted by Crippen LogP contribution is 2.05. The van der Waals surface area contributed by atoms with E-state index in [0.717, 1.165) is 0 Å². The van der Waals surface area contributed by atoms with Crippen LogP contribution in [0.4, 0.5) is 0 Å². The molecule has 2 aliphatic rings. The first kappa shape index (κ1) is 17.5. The molecule has 0 bridgehead atoms. The third-order valence-corrected chi connectivity index (χ3v) is 2.58. The lowest BCUT2D eigenvalue weighted by atomic mass is 10.3. The molecule has 0 fully saturated rings. The van der Waals surface area contributed by atoms with Crippen LogP contribution in [0.15, 0.2) is 36.1 Å². The number of ether oxygens (including phenoxy) is 1. The first-order chi connectivity index (χ1) is 9.18. The van der Waals surface area contributed by atoms with Gasteiger partial charge in [-0.05, 0) is 52.4 Å². The Labute approximate surface area is 116 Å². The molecule has 0 radical (unpaired) electrons. The lowest BCUT2D eigenvalue weighted by Crippen LogP contribution is -1.96. The molecule has 0 aromatic rings. The van der Waals surface area contributed by atoms with Crippen LogP contribution in [0, 0.1) is 0 Å². The standard InChI is InChI=1S/C6H10O3.2C5H8/c1-3-9-4-5(2)6(7)8;2*1-2-4-5-3-1/h4H,3H2,1-2H3,(H,7,8);2*1-2H,3-5H2. The highest BCUT2D eigenvalue weighted by atomic mass is 16.5. The van der Waals surface area contributed by atoms with Crippen molar-refractivity contribution in [2.75, 3.05) is 6.61 Å². The van der Waals surface area contributed by atoms with Crippen LogP contribution in [-0.2, 0) is 9.53 Å². The number of carbonyl (C=O) groups is 1. The Kier molecular flexibility index (Phi) is 11.9. The van der Waals surface area contributed by atoms with E-state index in [1.165, 1.54) is 51.7 Å². The summed E-state index contributed by atoms with van der Waals surface area (Å²) in [4.78, 5) is 10.1. The van der Waals surface area contributed by atoms with Gasteiger partial charge in [-0.2, -0.15) is 0 Å². The summed E-state index contributed by atoms with van der Waals surface area (Å²) in [6.45, 7) is 3.79. The van der Waals surface area contributed by atoms with Crippen LogP contribution >= 0.6 is 0 Å². The smallest absolute Gasteiger partial charge is 0.334 e. The van der Waals surface area contributed by atoms with Crippen LogP contribution in [0.25, 0.3) is 0 Å². The van der Waals surface area contributed by atoms with Crippen molar-refractivity contribution in [1.82, 2.24) is 0 Å². The molecular weight excluding hydrogens is 240 g/mol. The normalized spacial score (nSPS) is 16.2.